The number of fused-ring (bicyclic) bond motifs is 1. The number of nitro benzene ring substituents is 1. The van der Waals surface area contributed by atoms with Gasteiger partial charge in [0.1, 0.15) is 23.5 Å². The minimum Gasteiger partial charge on any atom is -0.410 e. The van der Waals surface area contributed by atoms with Gasteiger partial charge in [-0.3, -0.25) is 19.5 Å². The summed E-state index contributed by atoms with van der Waals surface area (Å²) in [5, 5.41) is 34.7. The van der Waals surface area contributed by atoms with Gasteiger partial charge in [0.05, 0.1) is 11.3 Å². The molecule has 0 spiro atoms. The normalized spacial score (nSPS) is 23.6. The van der Waals surface area contributed by atoms with E-state index < -0.39 is 41.5 Å². The third kappa shape index (κ3) is 6.11. The van der Waals surface area contributed by atoms with Gasteiger partial charge < -0.3 is 35.6 Å². The highest BCUT2D eigenvalue weighted by atomic mass is 16.6. The number of aliphatic hydroxyl groups excluding tert-OH is 2. The van der Waals surface area contributed by atoms with Gasteiger partial charge in [0.25, 0.3) is 11.6 Å². The number of aromatic nitrogens is 4. The number of nitrogens with zero attached hydrogens (tertiary/aromatic N) is 6. The Morgan fingerprint density at radius 3 is 2.55 bits per heavy atom. The molecule has 16 nitrogen and oxygen atoms in total. The number of ether oxygens (including phenoxy) is 2. The van der Waals surface area contributed by atoms with Crippen LogP contribution in [-0.2, 0) is 9.53 Å². The number of nitrogens with two attached hydrogens (primary N) is 1. The number of nitrogens with one attached hydrogen (secondary N) is 1. The Morgan fingerprint density at radius 1 is 1.14 bits per heavy atom. The quantitative estimate of drug-likeness (QED) is 0.174. The Hall–Kier alpha value is -4.85. The molecule has 4 atom stereocenters. The molecule has 6 rings (SSSR count). The Kier molecular flexibility index (Phi) is 7.99. The second-order valence-electron chi connectivity index (χ2n) is 11.0. The molecule has 1 aliphatic carbocycles. The van der Waals surface area contributed by atoms with Gasteiger partial charge in [-0.25, -0.2) is 19.7 Å². The van der Waals surface area contributed by atoms with Crippen LogP contribution in [0.15, 0.2) is 30.6 Å². The fourth-order valence-electron chi connectivity index (χ4n) is 5.19. The second-order valence-corrected chi connectivity index (χ2v) is 11.0. The number of aliphatic hydroxyl groups is 2. The van der Waals surface area contributed by atoms with Crippen LogP contribution in [0.3, 0.4) is 0 Å². The molecule has 230 valence electrons. The summed E-state index contributed by atoms with van der Waals surface area (Å²) in [6, 6.07) is 5.39. The number of carbonyl (C=O) groups excluding carboxylic acids is 2. The lowest BCUT2D eigenvalue weighted by molar-refractivity contribution is -0.384. The molecule has 2 aliphatic heterocycles. The smallest absolute Gasteiger partial charge is 0.410 e. The molecule has 3 fully saturated rings. The zero-order valence-corrected chi connectivity index (χ0v) is 23.4. The highest BCUT2D eigenvalue weighted by molar-refractivity contribution is 5.83. The second kappa shape index (κ2) is 12.0. The van der Waals surface area contributed by atoms with Crippen molar-refractivity contribution in [1.82, 2.24) is 29.7 Å². The number of rotatable bonds is 6. The number of carbonyl (C=O) groups is 2. The van der Waals surface area contributed by atoms with Crippen molar-refractivity contribution in [2.75, 3.05) is 18.8 Å². The van der Waals surface area contributed by atoms with Gasteiger partial charge in [0.2, 0.25) is 5.82 Å². The number of hydrogen-bond donors (Lipinski definition) is 4. The van der Waals surface area contributed by atoms with Crippen molar-refractivity contribution in [3.8, 4) is 17.6 Å². The van der Waals surface area contributed by atoms with Gasteiger partial charge >= 0.3 is 6.09 Å². The topological polar surface area (TPSA) is 221 Å². The van der Waals surface area contributed by atoms with E-state index in [-0.39, 0.29) is 46.2 Å². The van der Waals surface area contributed by atoms with Crippen LogP contribution < -0.4 is 15.8 Å². The summed E-state index contributed by atoms with van der Waals surface area (Å²) >= 11 is 0. The number of hydrogen-bond acceptors (Lipinski definition) is 12. The molecule has 3 aliphatic rings. The lowest BCUT2D eigenvalue weighted by atomic mass is 9.94. The first kappa shape index (κ1) is 29.2. The van der Waals surface area contributed by atoms with Crippen LogP contribution in [0.5, 0.6) is 5.75 Å². The fourth-order valence-corrected chi connectivity index (χ4v) is 5.19. The Morgan fingerprint density at radius 2 is 1.86 bits per heavy atom. The molecular weight excluding hydrogens is 576 g/mol. The van der Waals surface area contributed by atoms with Crippen molar-refractivity contribution in [3.05, 3.63) is 46.5 Å². The van der Waals surface area contributed by atoms with Crippen molar-refractivity contribution >= 4 is 34.7 Å². The molecule has 1 saturated carbocycles. The van der Waals surface area contributed by atoms with Crippen LogP contribution >= 0.6 is 0 Å². The first-order valence-corrected chi connectivity index (χ1v) is 14.2. The largest absolute Gasteiger partial charge is 0.415 e. The van der Waals surface area contributed by atoms with Gasteiger partial charge in [-0.05, 0) is 49.7 Å². The average molecular weight is 607 g/mol. The zero-order chi connectivity index (χ0) is 31.0. The van der Waals surface area contributed by atoms with Crippen LogP contribution in [-0.4, -0.2) is 89.0 Å². The van der Waals surface area contributed by atoms with Crippen molar-refractivity contribution in [1.29, 1.82) is 0 Å². The van der Waals surface area contributed by atoms with E-state index in [9.17, 15) is 29.9 Å². The summed E-state index contributed by atoms with van der Waals surface area (Å²) in [7, 11) is 0. The van der Waals surface area contributed by atoms with Gasteiger partial charge in [0, 0.05) is 37.7 Å². The Bertz CT molecular complexity index is 1640. The van der Waals surface area contributed by atoms with Crippen LogP contribution in [0.25, 0.3) is 11.2 Å². The minimum atomic E-state index is -1.44. The van der Waals surface area contributed by atoms with Gasteiger partial charge in [-0.2, -0.15) is 0 Å². The van der Waals surface area contributed by atoms with Crippen LogP contribution in [0, 0.1) is 27.9 Å². The third-order valence-corrected chi connectivity index (χ3v) is 7.86. The molecule has 2 saturated heterocycles. The molecule has 16 heteroatoms. The summed E-state index contributed by atoms with van der Waals surface area (Å²) in [6.07, 6.45) is -0.721. The van der Waals surface area contributed by atoms with Gasteiger partial charge in [-0.1, -0.05) is 5.92 Å². The lowest BCUT2D eigenvalue weighted by Crippen LogP contribution is -2.43. The summed E-state index contributed by atoms with van der Waals surface area (Å²) in [5.41, 5.74) is 6.52. The molecule has 5 N–H and O–H groups in total. The highest BCUT2D eigenvalue weighted by Crippen LogP contribution is 2.33. The predicted molar refractivity (Wildman–Crippen MR) is 152 cm³/mol. The molecule has 0 unspecified atom stereocenters. The van der Waals surface area contributed by atoms with Crippen LogP contribution in [0.1, 0.15) is 44.2 Å². The summed E-state index contributed by atoms with van der Waals surface area (Å²) in [6.45, 7) is 0.948. The first-order chi connectivity index (χ1) is 21.2. The average Bonchev–Trinajstić information content (AvgIpc) is 3.64. The molecule has 0 radical (unpaired) electrons. The summed E-state index contributed by atoms with van der Waals surface area (Å²) in [4.78, 5) is 49.8. The molecule has 1 aromatic carbocycles. The SMILES string of the molecule is Nc1nc(C#CCC2CCN(C(=O)Oc3ccc([N+](=O)[O-])cc3)CC2)nc2c1ncn2[C@@H]1O[C@H](C(=O)NC2CC2)[C@@H](O)[C@H]1O. The lowest BCUT2D eigenvalue weighted by Gasteiger charge is -2.30. The molecule has 4 heterocycles. The predicted octanol–water partition coefficient (Wildman–Crippen LogP) is 0.867. The standard InChI is InChI=1S/C28H30N8O8/c29-24-20-25(35(14-30-20)27-22(38)21(37)23(44-27)26(39)31-16-4-5-16)33-19(32-24)3-1-2-15-10-12-34(13-11-15)28(40)43-18-8-6-17(7-9-18)36(41)42/h6-9,14-16,21-23,27,37-38H,2,4-5,10-13H2,(H,31,39)(H2,29,32,33)/t21-,22+,23-,27+/m0/s1. The van der Waals surface area contributed by atoms with E-state index in [1.54, 1.807) is 4.90 Å². The van der Waals surface area contributed by atoms with E-state index in [4.69, 9.17) is 15.2 Å². The van der Waals surface area contributed by atoms with Crippen molar-refractivity contribution in [3.63, 3.8) is 0 Å². The van der Waals surface area contributed by atoms with E-state index in [1.807, 2.05) is 0 Å². The third-order valence-electron chi connectivity index (χ3n) is 7.86. The fraction of sp³-hybridized carbons (Fsp3) is 0.464. The number of non-ortho nitro benzene ring substituents is 1. The van der Waals surface area contributed by atoms with E-state index in [1.165, 1.54) is 35.2 Å². The Labute approximate surface area is 250 Å². The van der Waals surface area contributed by atoms with E-state index in [0.29, 0.717) is 32.4 Å². The van der Waals surface area contributed by atoms with Crippen molar-refractivity contribution < 1.29 is 34.2 Å². The number of nitrogen functional groups attached to an aromatic ring is 1. The maximum absolute atomic E-state index is 12.5. The van der Waals surface area contributed by atoms with E-state index in [0.717, 1.165) is 12.8 Å². The zero-order valence-electron chi connectivity index (χ0n) is 23.4. The van der Waals surface area contributed by atoms with Gasteiger partial charge in [-0.15, -0.1) is 0 Å². The number of nitro groups is 1. The highest BCUT2D eigenvalue weighted by Gasteiger charge is 2.48. The Balaban J connectivity index is 1.06. The number of benzene rings is 1. The number of imidazole rings is 1. The molecule has 0 bridgehead atoms. The maximum Gasteiger partial charge on any atom is 0.415 e. The van der Waals surface area contributed by atoms with E-state index >= 15 is 0 Å². The van der Waals surface area contributed by atoms with Gasteiger partial charge in [0.15, 0.2) is 23.8 Å². The maximum atomic E-state index is 12.5. The van der Waals surface area contributed by atoms with Crippen molar-refractivity contribution in [2.45, 2.75) is 62.7 Å². The van der Waals surface area contributed by atoms with Crippen molar-refractivity contribution in [2.24, 2.45) is 5.92 Å². The number of amides is 2. The number of likely N-dealkylation sites (tertiary alicyclic amines) is 1. The number of anilines is 1. The minimum absolute atomic E-state index is 0.0655. The summed E-state index contributed by atoms with van der Waals surface area (Å²) < 4.78 is 12.5. The first-order valence-electron chi connectivity index (χ1n) is 14.2. The van der Waals surface area contributed by atoms with E-state index in [2.05, 4.69) is 32.1 Å². The number of piperidine rings is 1. The molecule has 44 heavy (non-hydrogen) atoms. The molecule has 2 aromatic heterocycles. The molecule has 2 amide bonds. The molecular formula is C28H30N8O8. The monoisotopic (exact) mass is 606 g/mol. The molecule has 3 aromatic rings. The van der Waals surface area contributed by atoms with Crippen LogP contribution in [0.4, 0.5) is 16.3 Å². The van der Waals surface area contributed by atoms with Crippen LogP contribution in [0.2, 0.25) is 0 Å². The summed E-state index contributed by atoms with van der Waals surface area (Å²) in [5.74, 6) is 6.19.